The van der Waals surface area contributed by atoms with Crippen LogP contribution in [-0.2, 0) is 14.8 Å². The smallest absolute Gasteiger partial charge is 0.273 e. The molecule has 0 unspecified atom stereocenters. The van der Waals surface area contributed by atoms with Crippen LogP contribution < -0.4 is 15.6 Å². The molecule has 160 valence electrons. The molecule has 31 heavy (non-hydrogen) atoms. The van der Waals surface area contributed by atoms with Gasteiger partial charge in [-0.05, 0) is 34.5 Å². The molecule has 0 atom stereocenters. The Morgan fingerprint density at radius 2 is 1.55 bits per heavy atom. The van der Waals surface area contributed by atoms with Crippen molar-refractivity contribution in [3.63, 3.8) is 0 Å². The van der Waals surface area contributed by atoms with E-state index < -0.39 is 21.8 Å². The van der Waals surface area contributed by atoms with E-state index in [1.54, 1.807) is 42.5 Å². The van der Waals surface area contributed by atoms with Gasteiger partial charge < -0.3 is 5.11 Å². The summed E-state index contributed by atoms with van der Waals surface area (Å²) in [6.07, 6.45) is 1.25. The molecule has 0 aromatic heterocycles. The minimum atomic E-state index is -3.71. The van der Waals surface area contributed by atoms with Crippen LogP contribution in [0.15, 0.2) is 72.1 Å². The molecule has 4 N–H and O–H groups in total. The van der Waals surface area contributed by atoms with Gasteiger partial charge in [-0.1, -0.05) is 54.6 Å². The van der Waals surface area contributed by atoms with Crippen molar-refractivity contribution in [3.8, 4) is 5.75 Å². The number of phenolic OH excluding ortho intramolecular Hbond substituents is 1. The number of benzene rings is 3. The fourth-order valence-corrected chi connectivity index (χ4v) is 3.57. The van der Waals surface area contributed by atoms with E-state index in [1.165, 1.54) is 18.2 Å². The van der Waals surface area contributed by atoms with Crippen LogP contribution in [0.2, 0.25) is 0 Å². The van der Waals surface area contributed by atoms with E-state index in [1.807, 2.05) is 12.1 Å². The van der Waals surface area contributed by atoms with Crippen molar-refractivity contribution in [1.82, 2.24) is 15.6 Å². The fourth-order valence-electron chi connectivity index (χ4n) is 2.75. The number of rotatable bonds is 7. The third-order valence-corrected chi connectivity index (χ3v) is 5.42. The average Bonchev–Trinajstić information content (AvgIpc) is 2.76. The number of hydrazine groups is 1. The van der Waals surface area contributed by atoms with Crippen LogP contribution in [0.25, 0.3) is 16.8 Å². The SMILES string of the molecule is O=C(CCNS(=O)(=O)/C=C/c1ccccc1)NNC(=O)c1cc2ccccc2cc1O. The molecule has 0 bridgehead atoms. The fraction of sp³-hybridized carbons (Fsp3) is 0.0909. The summed E-state index contributed by atoms with van der Waals surface area (Å²) in [5.41, 5.74) is 5.14. The predicted molar refractivity (Wildman–Crippen MR) is 118 cm³/mol. The summed E-state index contributed by atoms with van der Waals surface area (Å²) in [5, 5.41) is 12.6. The summed E-state index contributed by atoms with van der Waals surface area (Å²) < 4.78 is 26.2. The Morgan fingerprint density at radius 3 is 2.26 bits per heavy atom. The number of fused-ring (bicyclic) bond motifs is 1. The molecule has 0 aliphatic heterocycles. The van der Waals surface area contributed by atoms with Gasteiger partial charge in [0.15, 0.2) is 0 Å². The van der Waals surface area contributed by atoms with Crippen LogP contribution >= 0.6 is 0 Å². The van der Waals surface area contributed by atoms with Gasteiger partial charge in [-0.3, -0.25) is 20.4 Å². The largest absolute Gasteiger partial charge is 0.507 e. The van der Waals surface area contributed by atoms with Crippen LogP contribution in [0.5, 0.6) is 5.75 Å². The van der Waals surface area contributed by atoms with E-state index >= 15 is 0 Å². The average molecular weight is 439 g/mol. The van der Waals surface area contributed by atoms with Gasteiger partial charge in [-0.25, -0.2) is 13.1 Å². The Labute approximate surface area is 179 Å². The first kappa shape index (κ1) is 22.0. The molecule has 8 nitrogen and oxygen atoms in total. The molecule has 3 aromatic rings. The van der Waals surface area contributed by atoms with Crippen LogP contribution in [0.1, 0.15) is 22.3 Å². The lowest BCUT2D eigenvalue weighted by molar-refractivity contribution is -0.121. The topological polar surface area (TPSA) is 125 Å². The number of aromatic hydroxyl groups is 1. The van der Waals surface area contributed by atoms with Gasteiger partial charge in [-0.15, -0.1) is 0 Å². The van der Waals surface area contributed by atoms with Gasteiger partial charge >= 0.3 is 0 Å². The summed E-state index contributed by atoms with van der Waals surface area (Å²) in [5.74, 6) is -1.50. The van der Waals surface area contributed by atoms with Crippen molar-refractivity contribution in [3.05, 3.63) is 83.3 Å². The van der Waals surface area contributed by atoms with Crippen molar-refractivity contribution < 1.29 is 23.1 Å². The number of carbonyl (C=O) groups excluding carboxylic acids is 2. The van der Waals surface area contributed by atoms with E-state index in [-0.39, 0.29) is 24.3 Å². The van der Waals surface area contributed by atoms with Crippen LogP contribution in [0, 0.1) is 0 Å². The summed E-state index contributed by atoms with van der Waals surface area (Å²) in [6.45, 7) is -0.148. The van der Waals surface area contributed by atoms with Crippen molar-refractivity contribution in [1.29, 1.82) is 0 Å². The summed E-state index contributed by atoms with van der Waals surface area (Å²) in [4.78, 5) is 24.2. The Morgan fingerprint density at radius 1 is 0.903 bits per heavy atom. The highest BCUT2D eigenvalue weighted by Crippen LogP contribution is 2.24. The number of carbonyl (C=O) groups is 2. The first-order chi connectivity index (χ1) is 14.8. The van der Waals surface area contributed by atoms with E-state index in [0.29, 0.717) is 0 Å². The highest BCUT2D eigenvalue weighted by molar-refractivity contribution is 7.92. The molecule has 3 aromatic carbocycles. The third-order valence-electron chi connectivity index (χ3n) is 4.32. The van der Waals surface area contributed by atoms with Crippen molar-refractivity contribution in [2.24, 2.45) is 0 Å². The molecule has 0 aliphatic carbocycles. The highest BCUT2D eigenvalue weighted by Gasteiger charge is 2.14. The highest BCUT2D eigenvalue weighted by atomic mass is 32.2. The Kier molecular flexibility index (Phi) is 7.01. The van der Waals surface area contributed by atoms with E-state index in [0.717, 1.165) is 21.7 Å². The van der Waals surface area contributed by atoms with Gasteiger partial charge in [0.05, 0.1) is 5.56 Å². The Bertz CT molecular complexity index is 1220. The minimum Gasteiger partial charge on any atom is -0.507 e. The Balaban J connectivity index is 1.47. The molecule has 0 heterocycles. The maximum Gasteiger partial charge on any atom is 0.273 e. The number of hydrogen-bond donors (Lipinski definition) is 4. The lowest BCUT2D eigenvalue weighted by Crippen LogP contribution is -2.42. The molecular formula is C22H21N3O5S. The quantitative estimate of drug-likeness (QED) is 0.421. The first-order valence-electron chi connectivity index (χ1n) is 9.38. The minimum absolute atomic E-state index is 0.00533. The molecule has 9 heteroatoms. The summed E-state index contributed by atoms with van der Waals surface area (Å²) in [7, 11) is -3.71. The molecule has 0 fully saturated rings. The number of phenols is 1. The second-order valence-corrected chi connectivity index (χ2v) is 8.27. The molecule has 2 amide bonds. The zero-order valence-electron chi connectivity index (χ0n) is 16.4. The van der Waals surface area contributed by atoms with Crippen molar-refractivity contribution >= 4 is 38.7 Å². The normalized spacial score (nSPS) is 11.5. The summed E-state index contributed by atoms with van der Waals surface area (Å²) in [6, 6.07) is 19.1. The number of amides is 2. The van der Waals surface area contributed by atoms with Crippen LogP contribution in [0.4, 0.5) is 0 Å². The number of hydrogen-bond acceptors (Lipinski definition) is 5. The molecule has 0 saturated carbocycles. The van der Waals surface area contributed by atoms with Gasteiger partial charge in [0.25, 0.3) is 5.91 Å². The second-order valence-electron chi connectivity index (χ2n) is 6.62. The first-order valence-corrected chi connectivity index (χ1v) is 10.9. The van der Waals surface area contributed by atoms with Crippen LogP contribution in [0.3, 0.4) is 0 Å². The van der Waals surface area contributed by atoms with Gasteiger partial charge in [0, 0.05) is 18.4 Å². The van der Waals surface area contributed by atoms with Crippen molar-refractivity contribution in [2.45, 2.75) is 6.42 Å². The third kappa shape index (κ3) is 6.39. The molecule has 3 rings (SSSR count). The van der Waals surface area contributed by atoms with Gasteiger partial charge in [0.1, 0.15) is 5.75 Å². The number of sulfonamides is 1. The molecule has 0 saturated heterocycles. The summed E-state index contributed by atoms with van der Waals surface area (Å²) >= 11 is 0. The van der Waals surface area contributed by atoms with Crippen LogP contribution in [-0.4, -0.2) is 31.9 Å². The van der Waals surface area contributed by atoms with Crippen molar-refractivity contribution in [2.75, 3.05) is 6.54 Å². The maximum atomic E-state index is 12.3. The zero-order chi connectivity index (χ0) is 22.3. The Hall–Kier alpha value is -3.69. The maximum absolute atomic E-state index is 12.3. The van der Waals surface area contributed by atoms with E-state index in [2.05, 4.69) is 15.6 Å². The van der Waals surface area contributed by atoms with Gasteiger partial charge in [0.2, 0.25) is 15.9 Å². The molecule has 0 aliphatic rings. The van der Waals surface area contributed by atoms with E-state index in [4.69, 9.17) is 0 Å². The molecular weight excluding hydrogens is 418 g/mol. The number of nitrogens with one attached hydrogen (secondary N) is 3. The lowest BCUT2D eigenvalue weighted by atomic mass is 10.1. The molecule has 0 radical (unpaired) electrons. The second kappa shape index (κ2) is 9.88. The zero-order valence-corrected chi connectivity index (χ0v) is 17.2. The molecule has 0 spiro atoms. The lowest BCUT2D eigenvalue weighted by Gasteiger charge is -2.10. The predicted octanol–water partition coefficient (Wildman–Crippen LogP) is 2.29. The monoisotopic (exact) mass is 439 g/mol. The van der Waals surface area contributed by atoms with Gasteiger partial charge in [-0.2, -0.15) is 0 Å². The van der Waals surface area contributed by atoms with E-state index in [9.17, 15) is 23.1 Å². The standard InChI is InChI=1S/C22H21N3O5S/c26-20-15-18-9-5-4-8-17(18)14-19(20)22(28)25-24-21(27)10-12-23-31(29,30)13-11-16-6-2-1-3-7-16/h1-9,11,13-15,23,26H,10,12H2,(H,24,27)(H,25,28)/b13-11+.